The average Bonchev–Trinajstić information content (AvgIpc) is 2.82. The number of halogens is 2. The van der Waals surface area contributed by atoms with Crippen molar-refractivity contribution in [2.24, 2.45) is 0 Å². The zero-order valence-corrected chi connectivity index (χ0v) is 22.5. The molecule has 3 rings (SSSR count). The highest BCUT2D eigenvalue weighted by Gasteiger charge is 2.26. The van der Waals surface area contributed by atoms with Gasteiger partial charge >= 0.3 is 0 Å². The molecule has 0 aliphatic rings. The third-order valence-electron chi connectivity index (χ3n) is 5.86. The number of alkyl halides is 1. The summed E-state index contributed by atoms with van der Waals surface area (Å²) >= 11 is 12.2. The molecule has 184 valence electrons. The predicted molar refractivity (Wildman–Crippen MR) is 141 cm³/mol. The number of ether oxygens (including phenoxy) is 2. The zero-order chi connectivity index (χ0) is 25.8. The molecule has 0 spiro atoms. The third kappa shape index (κ3) is 6.25. The Morgan fingerprint density at radius 1 is 1.03 bits per heavy atom. The SMILES string of the molecule is CC(Oc1ccc(C(C)(C)c2cc(Cl)c(OCCCl)c(C#N)c2)cc1)c1ccnc(C(C)(C)C)n1. The molecule has 1 aromatic heterocycles. The highest BCUT2D eigenvalue weighted by atomic mass is 35.5. The van der Waals surface area contributed by atoms with Crippen LogP contribution >= 0.6 is 23.2 Å². The van der Waals surface area contributed by atoms with Gasteiger partial charge in [-0.25, -0.2) is 9.97 Å². The van der Waals surface area contributed by atoms with E-state index in [0.717, 1.165) is 28.4 Å². The number of hydrogen-bond acceptors (Lipinski definition) is 5. The van der Waals surface area contributed by atoms with Gasteiger partial charge < -0.3 is 9.47 Å². The lowest BCUT2D eigenvalue weighted by Crippen LogP contribution is -2.19. The first-order valence-electron chi connectivity index (χ1n) is 11.5. The second kappa shape index (κ2) is 10.8. The highest BCUT2D eigenvalue weighted by molar-refractivity contribution is 6.32. The van der Waals surface area contributed by atoms with Gasteiger partial charge in [0.15, 0.2) is 5.75 Å². The summed E-state index contributed by atoms with van der Waals surface area (Å²) in [4.78, 5) is 9.09. The third-order valence-corrected chi connectivity index (χ3v) is 6.30. The molecule has 0 saturated heterocycles. The monoisotopic (exact) mass is 511 g/mol. The molecule has 1 unspecified atom stereocenters. The molecular weight excluding hydrogens is 481 g/mol. The summed E-state index contributed by atoms with van der Waals surface area (Å²) in [6.45, 7) is 12.7. The molecule has 0 amide bonds. The maximum absolute atomic E-state index is 9.63. The molecule has 0 bridgehead atoms. The minimum absolute atomic E-state index is 0.133. The zero-order valence-electron chi connectivity index (χ0n) is 21.0. The van der Waals surface area contributed by atoms with Gasteiger partial charge in [-0.15, -0.1) is 11.6 Å². The Morgan fingerprint density at radius 2 is 1.71 bits per heavy atom. The predicted octanol–water partition coefficient (Wildman–Crippen LogP) is 7.38. The molecule has 1 heterocycles. The number of nitriles is 1. The molecule has 0 radical (unpaired) electrons. The van der Waals surface area contributed by atoms with Crippen LogP contribution in [0.4, 0.5) is 0 Å². The van der Waals surface area contributed by atoms with E-state index in [1.807, 2.05) is 49.4 Å². The second-order valence-electron chi connectivity index (χ2n) is 9.95. The molecule has 3 aromatic rings. The van der Waals surface area contributed by atoms with Gasteiger partial charge in [0.25, 0.3) is 0 Å². The van der Waals surface area contributed by atoms with Crippen LogP contribution in [0.2, 0.25) is 5.02 Å². The number of nitrogens with zero attached hydrogens (tertiary/aromatic N) is 3. The molecule has 35 heavy (non-hydrogen) atoms. The smallest absolute Gasteiger partial charge is 0.155 e. The van der Waals surface area contributed by atoms with Crippen molar-refractivity contribution in [1.82, 2.24) is 9.97 Å². The van der Waals surface area contributed by atoms with E-state index in [1.165, 1.54) is 0 Å². The Balaban J connectivity index is 1.82. The van der Waals surface area contributed by atoms with E-state index >= 15 is 0 Å². The minimum atomic E-state index is -0.404. The minimum Gasteiger partial charge on any atom is -0.489 e. The summed E-state index contributed by atoms with van der Waals surface area (Å²) in [6.07, 6.45) is 1.55. The van der Waals surface area contributed by atoms with E-state index in [1.54, 1.807) is 6.20 Å². The standard InChI is InChI=1S/C28H31Cl2N3O2/c1-18(24-11-13-32-26(33-24)27(2,3)4)35-22-9-7-20(8-10-22)28(5,6)21-15-19(17-31)25(23(30)16-21)34-14-12-29/h7-11,13,15-16,18H,12,14H2,1-6H3. The molecule has 0 aliphatic heterocycles. The topological polar surface area (TPSA) is 68.0 Å². The Morgan fingerprint density at radius 3 is 2.31 bits per heavy atom. The van der Waals surface area contributed by atoms with Crippen molar-refractivity contribution in [3.63, 3.8) is 0 Å². The number of benzene rings is 2. The summed E-state index contributed by atoms with van der Waals surface area (Å²) < 4.78 is 11.8. The molecule has 1 atom stereocenters. The second-order valence-corrected chi connectivity index (χ2v) is 10.7. The summed E-state index contributed by atoms with van der Waals surface area (Å²) in [5.41, 5.74) is 2.66. The van der Waals surface area contributed by atoms with Gasteiger partial charge in [-0.1, -0.05) is 58.4 Å². The van der Waals surface area contributed by atoms with Crippen molar-refractivity contribution in [3.05, 3.63) is 81.9 Å². The van der Waals surface area contributed by atoms with Crippen LogP contribution in [0.15, 0.2) is 48.7 Å². The molecule has 0 N–H and O–H groups in total. The van der Waals surface area contributed by atoms with Crippen molar-refractivity contribution in [1.29, 1.82) is 5.26 Å². The van der Waals surface area contributed by atoms with Crippen LogP contribution in [0.25, 0.3) is 0 Å². The van der Waals surface area contributed by atoms with Gasteiger partial charge in [-0.3, -0.25) is 0 Å². The number of rotatable bonds is 8. The van der Waals surface area contributed by atoms with Crippen LogP contribution in [0.1, 0.15) is 75.9 Å². The van der Waals surface area contributed by atoms with Gasteiger partial charge in [0.2, 0.25) is 0 Å². The lowest BCUT2D eigenvalue weighted by atomic mass is 9.77. The van der Waals surface area contributed by atoms with Gasteiger partial charge in [-0.2, -0.15) is 5.26 Å². The molecule has 7 heteroatoms. The van der Waals surface area contributed by atoms with Crippen LogP contribution in [-0.2, 0) is 10.8 Å². The first-order valence-corrected chi connectivity index (χ1v) is 12.4. The van der Waals surface area contributed by atoms with Gasteiger partial charge in [0, 0.05) is 17.0 Å². The number of hydrogen-bond donors (Lipinski definition) is 0. The first-order chi connectivity index (χ1) is 16.5. The van der Waals surface area contributed by atoms with Crippen LogP contribution in [-0.4, -0.2) is 22.5 Å². The van der Waals surface area contributed by atoms with Crippen molar-refractivity contribution >= 4 is 23.2 Å². The highest BCUT2D eigenvalue weighted by Crippen LogP contribution is 2.39. The Bertz CT molecular complexity index is 1210. The maximum Gasteiger partial charge on any atom is 0.155 e. The quantitative estimate of drug-likeness (QED) is 0.295. The van der Waals surface area contributed by atoms with Gasteiger partial charge in [0.1, 0.15) is 30.4 Å². The Labute approximate surface area is 218 Å². The lowest BCUT2D eigenvalue weighted by molar-refractivity contribution is 0.220. The van der Waals surface area contributed by atoms with Crippen LogP contribution in [0.3, 0.4) is 0 Å². The van der Waals surface area contributed by atoms with E-state index in [2.05, 4.69) is 45.7 Å². The van der Waals surface area contributed by atoms with Crippen molar-refractivity contribution < 1.29 is 9.47 Å². The average molecular weight is 512 g/mol. The van der Waals surface area contributed by atoms with Gasteiger partial charge in [-0.05, 0) is 48.4 Å². The summed E-state index contributed by atoms with van der Waals surface area (Å²) in [5, 5.41) is 10.0. The fourth-order valence-corrected chi connectivity index (χ4v) is 4.02. The Kier molecular flexibility index (Phi) is 8.30. The van der Waals surface area contributed by atoms with Crippen molar-refractivity contribution in [2.75, 3.05) is 12.5 Å². The van der Waals surface area contributed by atoms with E-state index < -0.39 is 5.41 Å². The van der Waals surface area contributed by atoms with Crippen LogP contribution in [0.5, 0.6) is 11.5 Å². The van der Waals surface area contributed by atoms with E-state index in [4.69, 9.17) is 37.7 Å². The fraction of sp³-hybridized carbons (Fsp3) is 0.393. The molecule has 5 nitrogen and oxygen atoms in total. The van der Waals surface area contributed by atoms with E-state index in [-0.39, 0.29) is 18.1 Å². The Hall–Kier alpha value is -2.81. The molecule has 0 fully saturated rings. The molecule has 0 aliphatic carbocycles. The summed E-state index contributed by atoms with van der Waals surface area (Å²) in [6, 6.07) is 15.7. The van der Waals surface area contributed by atoms with Crippen LogP contribution < -0.4 is 9.47 Å². The summed E-state index contributed by atoms with van der Waals surface area (Å²) in [5.74, 6) is 2.22. The fourth-order valence-electron chi connectivity index (χ4n) is 3.67. The lowest BCUT2D eigenvalue weighted by Gasteiger charge is -2.27. The van der Waals surface area contributed by atoms with E-state index in [0.29, 0.717) is 22.2 Å². The van der Waals surface area contributed by atoms with Crippen molar-refractivity contribution in [2.45, 2.75) is 58.5 Å². The summed E-state index contributed by atoms with van der Waals surface area (Å²) in [7, 11) is 0. The van der Waals surface area contributed by atoms with Crippen molar-refractivity contribution in [3.8, 4) is 17.6 Å². The molecule has 2 aromatic carbocycles. The van der Waals surface area contributed by atoms with E-state index in [9.17, 15) is 5.26 Å². The van der Waals surface area contributed by atoms with Gasteiger partial charge in [0.05, 0.1) is 22.2 Å². The largest absolute Gasteiger partial charge is 0.489 e. The van der Waals surface area contributed by atoms with Crippen LogP contribution in [0, 0.1) is 11.3 Å². The molecule has 0 saturated carbocycles. The number of aromatic nitrogens is 2. The molecular formula is C28H31Cl2N3O2. The normalized spacial score (nSPS) is 12.7. The first kappa shape index (κ1) is 26.8. The maximum atomic E-state index is 9.63.